The Balaban J connectivity index is 1.64. The van der Waals surface area contributed by atoms with E-state index < -0.39 is 0 Å². The molecule has 1 aliphatic heterocycles. The highest BCUT2D eigenvalue weighted by atomic mass is 127. The van der Waals surface area contributed by atoms with Crippen molar-refractivity contribution in [1.82, 2.24) is 4.90 Å². The Morgan fingerprint density at radius 3 is 2.18 bits per heavy atom. The lowest BCUT2D eigenvalue weighted by molar-refractivity contribution is -0.142. The van der Waals surface area contributed by atoms with Crippen molar-refractivity contribution in [2.75, 3.05) is 11.9 Å². The minimum Gasteiger partial charge on any atom is -0.325 e. The lowest BCUT2D eigenvalue weighted by atomic mass is 9.81. The van der Waals surface area contributed by atoms with Crippen LogP contribution in [0.5, 0.6) is 0 Å². The number of carbonyl (C=O) groups excluding carboxylic acids is 3. The number of anilines is 1. The first-order valence-electron chi connectivity index (χ1n) is 7.47. The zero-order valence-corrected chi connectivity index (χ0v) is 14.2. The van der Waals surface area contributed by atoms with Gasteiger partial charge in [0.1, 0.15) is 6.54 Å². The number of hydrogen-bond acceptors (Lipinski definition) is 3. The molecule has 1 saturated carbocycles. The number of likely N-dealkylation sites (tertiary alicyclic amines) is 1. The van der Waals surface area contributed by atoms with E-state index >= 15 is 0 Å². The zero-order valence-electron chi connectivity index (χ0n) is 12.0. The van der Waals surface area contributed by atoms with Crippen LogP contribution >= 0.6 is 22.6 Å². The van der Waals surface area contributed by atoms with Gasteiger partial charge in [-0.2, -0.15) is 0 Å². The molecule has 2 fully saturated rings. The summed E-state index contributed by atoms with van der Waals surface area (Å²) in [5.41, 5.74) is 0.668. The molecule has 22 heavy (non-hydrogen) atoms. The molecule has 1 aromatic rings. The molecule has 3 amide bonds. The van der Waals surface area contributed by atoms with Crippen LogP contribution in [0.1, 0.15) is 25.7 Å². The standard InChI is InChI=1S/C16H17IN2O3/c17-10-5-7-11(8-6-10)18-14(20)9-19-15(21)12-3-1-2-4-13(12)16(19)22/h5-8,12-13H,1-4,9H2,(H,18,20)/t12-,13-/m1/s1. The number of nitrogens with one attached hydrogen (secondary N) is 1. The van der Waals surface area contributed by atoms with Crippen LogP contribution in [-0.2, 0) is 14.4 Å². The predicted molar refractivity (Wildman–Crippen MR) is 90.0 cm³/mol. The molecule has 1 heterocycles. The maximum Gasteiger partial charge on any atom is 0.244 e. The summed E-state index contributed by atoms with van der Waals surface area (Å²) in [6, 6.07) is 7.37. The average molecular weight is 412 g/mol. The molecule has 2 atom stereocenters. The summed E-state index contributed by atoms with van der Waals surface area (Å²) in [5, 5.41) is 2.73. The van der Waals surface area contributed by atoms with Crippen LogP contribution in [0, 0.1) is 15.4 Å². The third kappa shape index (κ3) is 3.02. The molecule has 0 bridgehead atoms. The monoisotopic (exact) mass is 412 g/mol. The van der Waals surface area contributed by atoms with Crippen molar-refractivity contribution in [2.24, 2.45) is 11.8 Å². The van der Waals surface area contributed by atoms with E-state index in [9.17, 15) is 14.4 Å². The molecule has 0 spiro atoms. The number of carbonyl (C=O) groups is 3. The highest BCUT2D eigenvalue weighted by molar-refractivity contribution is 14.1. The number of halogens is 1. The quantitative estimate of drug-likeness (QED) is 0.613. The normalized spacial score (nSPS) is 24.3. The minimum atomic E-state index is -0.332. The topological polar surface area (TPSA) is 66.5 Å². The molecule has 6 heteroatoms. The van der Waals surface area contributed by atoms with E-state index in [2.05, 4.69) is 27.9 Å². The fourth-order valence-corrected chi connectivity index (χ4v) is 3.62. The number of rotatable bonds is 3. The summed E-state index contributed by atoms with van der Waals surface area (Å²) in [4.78, 5) is 37.8. The van der Waals surface area contributed by atoms with E-state index in [1.807, 2.05) is 12.1 Å². The van der Waals surface area contributed by atoms with Gasteiger partial charge in [-0.05, 0) is 59.7 Å². The van der Waals surface area contributed by atoms with Crippen molar-refractivity contribution in [3.8, 4) is 0 Å². The van der Waals surface area contributed by atoms with Crippen molar-refractivity contribution in [3.63, 3.8) is 0 Å². The number of benzene rings is 1. The van der Waals surface area contributed by atoms with E-state index in [1.54, 1.807) is 12.1 Å². The molecule has 0 unspecified atom stereocenters. The lowest BCUT2D eigenvalue weighted by Gasteiger charge is -2.19. The summed E-state index contributed by atoms with van der Waals surface area (Å²) in [5.74, 6) is -1.08. The van der Waals surface area contributed by atoms with Gasteiger partial charge in [0, 0.05) is 9.26 Å². The second kappa shape index (κ2) is 6.36. The Morgan fingerprint density at radius 2 is 1.64 bits per heavy atom. The summed E-state index contributed by atoms with van der Waals surface area (Å²) in [6.45, 7) is -0.184. The van der Waals surface area contributed by atoms with Gasteiger partial charge in [0.05, 0.1) is 11.8 Å². The van der Waals surface area contributed by atoms with E-state index in [4.69, 9.17) is 0 Å². The average Bonchev–Trinajstić information content (AvgIpc) is 2.75. The van der Waals surface area contributed by atoms with Crippen LogP contribution < -0.4 is 5.32 Å². The molecular weight excluding hydrogens is 395 g/mol. The van der Waals surface area contributed by atoms with Crippen molar-refractivity contribution >= 4 is 46.0 Å². The Hall–Kier alpha value is -1.44. The highest BCUT2D eigenvalue weighted by Crippen LogP contribution is 2.37. The third-order valence-electron chi connectivity index (χ3n) is 4.36. The highest BCUT2D eigenvalue weighted by Gasteiger charge is 2.48. The van der Waals surface area contributed by atoms with E-state index in [0.717, 1.165) is 34.2 Å². The number of nitrogens with zero attached hydrogens (tertiary/aromatic N) is 1. The van der Waals surface area contributed by atoms with Crippen LogP contribution in [-0.4, -0.2) is 29.2 Å². The van der Waals surface area contributed by atoms with Crippen molar-refractivity contribution in [2.45, 2.75) is 25.7 Å². The largest absolute Gasteiger partial charge is 0.325 e. The molecule has 5 nitrogen and oxygen atoms in total. The number of amides is 3. The molecule has 1 saturated heterocycles. The van der Waals surface area contributed by atoms with Gasteiger partial charge in [-0.3, -0.25) is 19.3 Å². The number of fused-ring (bicyclic) bond motifs is 1. The van der Waals surface area contributed by atoms with Crippen molar-refractivity contribution in [1.29, 1.82) is 0 Å². The first-order chi connectivity index (χ1) is 10.6. The molecular formula is C16H17IN2O3. The Morgan fingerprint density at radius 1 is 1.09 bits per heavy atom. The Labute approximate surface area is 142 Å². The first-order valence-corrected chi connectivity index (χ1v) is 8.55. The van der Waals surface area contributed by atoms with Gasteiger partial charge in [0.15, 0.2) is 0 Å². The summed E-state index contributed by atoms with van der Waals surface area (Å²) >= 11 is 2.18. The number of hydrogen-bond donors (Lipinski definition) is 1. The third-order valence-corrected chi connectivity index (χ3v) is 5.08. The van der Waals surface area contributed by atoms with Crippen LogP contribution in [0.2, 0.25) is 0 Å². The molecule has 1 aliphatic carbocycles. The van der Waals surface area contributed by atoms with E-state index in [1.165, 1.54) is 0 Å². The smallest absolute Gasteiger partial charge is 0.244 e. The van der Waals surface area contributed by atoms with Gasteiger partial charge in [-0.15, -0.1) is 0 Å². The van der Waals surface area contributed by atoms with Gasteiger partial charge < -0.3 is 5.32 Å². The van der Waals surface area contributed by atoms with Crippen molar-refractivity contribution in [3.05, 3.63) is 27.8 Å². The van der Waals surface area contributed by atoms with E-state index in [-0.39, 0.29) is 36.1 Å². The van der Waals surface area contributed by atoms with Gasteiger partial charge in [-0.25, -0.2) is 0 Å². The fraction of sp³-hybridized carbons (Fsp3) is 0.438. The second-order valence-electron chi connectivity index (χ2n) is 5.82. The summed E-state index contributed by atoms with van der Waals surface area (Å²) in [7, 11) is 0. The molecule has 1 N–H and O–H groups in total. The van der Waals surface area contributed by atoms with Crippen LogP contribution in [0.4, 0.5) is 5.69 Å². The maximum atomic E-state index is 12.3. The van der Waals surface area contributed by atoms with Crippen LogP contribution in [0.25, 0.3) is 0 Å². The van der Waals surface area contributed by atoms with E-state index in [0.29, 0.717) is 5.69 Å². The zero-order chi connectivity index (χ0) is 15.7. The number of imide groups is 1. The predicted octanol–water partition coefficient (Wildman–Crippen LogP) is 2.40. The molecule has 0 radical (unpaired) electrons. The maximum absolute atomic E-state index is 12.3. The Kier molecular flexibility index (Phi) is 4.46. The molecule has 1 aromatic carbocycles. The van der Waals surface area contributed by atoms with Crippen LogP contribution in [0.15, 0.2) is 24.3 Å². The lowest BCUT2D eigenvalue weighted by Crippen LogP contribution is -2.38. The molecule has 116 valence electrons. The molecule has 3 rings (SSSR count). The van der Waals surface area contributed by atoms with Gasteiger partial charge in [0.2, 0.25) is 17.7 Å². The van der Waals surface area contributed by atoms with Gasteiger partial charge in [0.25, 0.3) is 0 Å². The van der Waals surface area contributed by atoms with Crippen molar-refractivity contribution < 1.29 is 14.4 Å². The fourth-order valence-electron chi connectivity index (χ4n) is 3.26. The first kappa shape index (κ1) is 15.5. The second-order valence-corrected chi connectivity index (χ2v) is 7.06. The summed E-state index contributed by atoms with van der Waals surface area (Å²) in [6.07, 6.45) is 3.51. The summed E-state index contributed by atoms with van der Waals surface area (Å²) < 4.78 is 1.07. The van der Waals surface area contributed by atoms with Gasteiger partial charge in [-0.1, -0.05) is 12.8 Å². The Bertz CT molecular complexity index is 590. The molecule has 2 aliphatic rings. The SMILES string of the molecule is O=C(CN1C(=O)[C@@H]2CCCC[C@H]2C1=O)Nc1ccc(I)cc1. The molecule has 0 aromatic heterocycles. The van der Waals surface area contributed by atoms with Gasteiger partial charge >= 0.3 is 0 Å². The van der Waals surface area contributed by atoms with Crippen LogP contribution in [0.3, 0.4) is 0 Å². The minimum absolute atomic E-state index is 0.174.